The van der Waals surface area contributed by atoms with Crippen molar-refractivity contribution in [2.24, 2.45) is 0 Å². The van der Waals surface area contributed by atoms with E-state index in [1.165, 1.54) is 22.9 Å². The summed E-state index contributed by atoms with van der Waals surface area (Å²) in [4.78, 5) is 1.76. The molecule has 0 aliphatic heterocycles. The molecule has 0 radical (unpaired) electrons. The first kappa shape index (κ1) is 11.6. The fourth-order valence-corrected chi connectivity index (χ4v) is 3.51. The van der Waals surface area contributed by atoms with Crippen LogP contribution in [0, 0.1) is 6.92 Å². The van der Waals surface area contributed by atoms with Gasteiger partial charge in [-0.05, 0) is 18.5 Å². The van der Waals surface area contributed by atoms with Gasteiger partial charge in [-0.2, -0.15) is 9.61 Å². The number of hydrogen-bond acceptors (Lipinski definition) is 7. The van der Waals surface area contributed by atoms with Crippen LogP contribution in [0.5, 0.6) is 0 Å². The molecular formula is C12H8N6S2. The third-order valence-corrected chi connectivity index (χ3v) is 4.75. The number of nitrogens with zero attached hydrogens (tertiary/aromatic N) is 6. The van der Waals surface area contributed by atoms with Gasteiger partial charge < -0.3 is 0 Å². The Morgan fingerprint density at radius 2 is 1.90 bits per heavy atom. The Hall–Kier alpha value is -2.19. The molecule has 6 nitrogen and oxygen atoms in total. The molecule has 8 heteroatoms. The Labute approximate surface area is 121 Å². The summed E-state index contributed by atoms with van der Waals surface area (Å²) in [5.74, 6) is 0.748. The van der Waals surface area contributed by atoms with E-state index in [4.69, 9.17) is 0 Å². The maximum absolute atomic E-state index is 4.59. The van der Waals surface area contributed by atoms with E-state index in [1.54, 1.807) is 4.52 Å². The van der Waals surface area contributed by atoms with Crippen molar-refractivity contribution < 1.29 is 0 Å². The summed E-state index contributed by atoms with van der Waals surface area (Å²) in [6, 6.07) is 9.91. The first-order valence-electron chi connectivity index (χ1n) is 5.90. The highest BCUT2D eigenvalue weighted by Gasteiger charge is 2.17. The van der Waals surface area contributed by atoms with Crippen LogP contribution in [-0.4, -0.2) is 29.4 Å². The Balaban J connectivity index is 1.90. The summed E-state index contributed by atoms with van der Waals surface area (Å²) in [7, 11) is 0. The maximum atomic E-state index is 4.59. The minimum absolute atomic E-state index is 0.748. The van der Waals surface area contributed by atoms with Gasteiger partial charge in [-0.3, -0.25) is 0 Å². The Kier molecular flexibility index (Phi) is 2.57. The fraction of sp³-hybridized carbons (Fsp3) is 0.0833. The number of aryl methyl sites for hydroxylation is 1. The molecule has 98 valence electrons. The molecule has 4 rings (SSSR count). The zero-order valence-electron chi connectivity index (χ0n) is 10.4. The van der Waals surface area contributed by atoms with E-state index in [2.05, 4.69) is 24.9 Å². The highest BCUT2D eigenvalue weighted by atomic mass is 32.1. The number of benzene rings is 1. The molecule has 0 aliphatic carbocycles. The Morgan fingerprint density at radius 3 is 2.65 bits per heavy atom. The van der Waals surface area contributed by atoms with E-state index in [0.29, 0.717) is 0 Å². The molecule has 0 bridgehead atoms. The second-order valence-corrected chi connectivity index (χ2v) is 5.89. The van der Waals surface area contributed by atoms with Crippen LogP contribution in [0.15, 0.2) is 30.3 Å². The number of rotatable bonds is 2. The summed E-state index contributed by atoms with van der Waals surface area (Å²) >= 11 is 2.84. The van der Waals surface area contributed by atoms with E-state index >= 15 is 0 Å². The lowest BCUT2D eigenvalue weighted by atomic mass is 10.2. The summed E-state index contributed by atoms with van der Waals surface area (Å²) in [6.07, 6.45) is 0. The van der Waals surface area contributed by atoms with E-state index in [-0.39, 0.29) is 0 Å². The quantitative estimate of drug-likeness (QED) is 0.569. The van der Waals surface area contributed by atoms with Crippen LogP contribution < -0.4 is 0 Å². The van der Waals surface area contributed by atoms with Gasteiger partial charge in [0, 0.05) is 5.56 Å². The minimum Gasteiger partial charge on any atom is -0.182 e. The smallest absolute Gasteiger partial charge is 0.182 e. The summed E-state index contributed by atoms with van der Waals surface area (Å²) in [5, 5.41) is 17.9. The van der Waals surface area contributed by atoms with Crippen LogP contribution in [-0.2, 0) is 0 Å². The normalized spacial score (nSPS) is 11.2. The lowest BCUT2D eigenvalue weighted by Gasteiger charge is -1.95. The predicted molar refractivity (Wildman–Crippen MR) is 77.7 cm³/mol. The molecule has 0 fully saturated rings. The van der Waals surface area contributed by atoms with E-state index in [9.17, 15) is 0 Å². The zero-order valence-corrected chi connectivity index (χ0v) is 12.0. The molecule has 1 aromatic carbocycles. The standard InChI is InChI=1S/C12H8N6S2/c1-7-9(20-17-13-7)11-16-18-10(14-15-12(18)19-11)8-5-3-2-4-6-8/h2-6H,1H3. The largest absolute Gasteiger partial charge is 0.235 e. The number of fused-ring (bicyclic) bond motifs is 1. The van der Waals surface area contributed by atoms with Gasteiger partial charge >= 0.3 is 0 Å². The summed E-state index contributed by atoms with van der Waals surface area (Å²) in [6.45, 7) is 1.93. The first-order valence-corrected chi connectivity index (χ1v) is 7.49. The molecule has 0 aliphatic rings. The third-order valence-electron chi connectivity index (χ3n) is 2.87. The van der Waals surface area contributed by atoms with Gasteiger partial charge in [0.15, 0.2) is 10.8 Å². The first-order chi connectivity index (χ1) is 9.83. The monoisotopic (exact) mass is 300 g/mol. The van der Waals surface area contributed by atoms with Gasteiger partial charge in [-0.15, -0.1) is 15.3 Å². The van der Waals surface area contributed by atoms with Gasteiger partial charge in [0.25, 0.3) is 0 Å². The van der Waals surface area contributed by atoms with Gasteiger partial charge in [-0.1, -0.05) is 46.2 Å². The molecule has 0 saturated heterocycles. The average molecular weight is 300 g/mol. The van der Waals surface area contributed by atoms with Crippen molar-refractivity contribution in [2.45, 2.75) is 6.92 Å². The van der Waals surface area contributed by atoms with Crippen molar-refractivity contribution in [2.75, 3.05) is 0 Å². The van der Waals surface area contributed by atoms with Crippen molar-refractivity contribution in [3.05, 3.63) is 36.0 Å². The van der Waals surface area contributed by atoms with E-state index in [1.807, 2.05) is 37.3 Å². The molecule has 0 saturated carbocycles. The number of hydrogen-bond donors (Lipinski definition) is 0. The van der Waals surface area contributed by atoms with Gasteiger partial charge in [-0.25, -0.2) is 0 Å². The highest BCUT2D eigenvalue weighted by Crippen LogP contribution is 2.31. The average Bonchev–Trinajstić information content (AvgIpc) is 3.13. The second kappa shape index (κ2) is 4.43. The van der Waals surface area contributed by atoms with Crippen LogP contribution in [0.3, 0.4) is 0 Å². The van der Waals surface area contributed by atoms with Crippen molar-refractivity contribution in [3.63, 3.8) is 0 Å². The van der Waals surface area contributed by atoms with Crippen LogP contribution >= 0.6 is 22.9 Å². The predicted octanol–water partition coefficient (Wildman–Crippen LogP) is 2.68. The maximum Gasteiger partial charge on any atom is 0.235 e. The molecule has 0 spiro atoms. The van der Waals surface area contributed by atoms with Crippen LogP contribution in [0.25, 0.3) is 26.2 Å². The van der Waals surface area contributed by atoms with E-state index < -0.39 is 0 Å². The van der Waals surface area contributed by atoms with Gasteiger partial charge in [0.1, 0.15) is 4.88 Å². The SMILES string of the molecule is Cc1nnsc1-c1nn2c(-c3ccccc3)nnc2s1. The Morgan fingerprint density at radius 1 is 1.05 bits per heavy atom. The van der Waals surface area contributed by atoms with E-state index in [0.717, 1.165) is 31.9 Å². The topological polar surface area (TPSA) is 68.9 Å². The lowest BCUT2D eigenvalue weighted by molar-refractivity contribution is 0.970. The number of aromatic nitrogens is 6. The van der Waals surface area contributed by atoms with Crippen molar-refractivity contribution in [1.29, 1.82) is 0 Å². The molecular weight excluding hydrogens is 292 g/mol. The molecule has 3 heterocycles. The highest BCUT2D eigenvalue weighted by molar-refractivity contribution is 7.23. The second-order valence-electron chi connectivity index (χ2n) is 4.18. The zero-order chi connectivity index (χ0) is 13.5. The van der Waals surface area contributed by atoms with Crippen molar-refractivity contribution >= 4 is 27.8 Å². The summed E-state index contributed by atoms with van der Waals surface area (Å²) < 4.78 is 5.72. The summed E-state index contributed by atoms with van der Waals surface area (Å²) in [5.41, 5.74) is 1.89. The fourth-order valence-electron chi connectivity index (χ4n) is 1.90. The molecule has 0 unspecified atom stereocenters. The molecule has 3 aromatic heterocycles. The molecule has 4 aromatic rings. The van der Waals surface area contributed by atoms with Gasteiger partial charge in [0.2, 0.25) is 4.96 Å². The molecule has 0 amide bonds. The minimum atomic E-state index is 0.748. The van der Waals surface area contributed by atoms with Crippen LogP contribution in [0.2, 0.25) is 0 Å². The van der Waals surface area contributed by atoms with Crippen molar-refractivity contribution in [3.8, 4) is 21.3 Å². The lowest BCUT2D eigenvalue weighted by Crippen LogP contribution is -1.90. The van der Waals surface area contributed by atoms with Gasteiger partial charge in [0.05, 0.1) is 5.69 Å². The Bertz CT molecular complexity index is 876. The molecule has 0 atom stereocenters. The van der Waals surface area contributed by atoms with Crippen LogP contribution in [0.4, 0.5) is 0 Å². The molecule has 0 N–H and O–H groups in total. The van der Waals surface area contributed by atoms with Crippen molar-refractivity contribution in [1.82, 2.24) is 29.4 Å². The van der Waals surface area contributed by atoms with Crippen LogP contribution in [0.1, 0.15) is 5.69 Å². The molecule has 20 heavy (non-hydrogen) atoms. The third kappa shape index (κ3) is 1.73.